The average molecular weight is 364 g/mol. The van der Waals surface area contributed by atoms with Gasteiger partial charge in [0.15, 0.2) is 0 Å². The number of aryl methyl sites for hydroxylation is 1. The third-order valence-electron chi connectivity index (χ3n) is 5.02. The molecule has 1 aromatic heterocycles. The first-order chi connectivity index (χ1) is 13.0. The highest BCUT2D eigenvalue weighted by Crippen LogP contribution is 2.30. The van der Waals surface area contributed by atoms with Gasteiger partial charge in [-0.1, -0.05) is 37.3 Å². The Morgan fingerprint density at radius 2 is 1.93 bits per heavy atom. The van der Waals surface area contributed by atoms with Crippen LogP contribution in [0.25, 0.3) is 10.9 Å². The van der Waals surface area contributed by atoms with Gasteiger partial charge in [-0.15, -0.1) is 0 Å². The first-order valence-electron chi connectivity index (χ1n) is 9.65. The number of aromatic nitrogens is 1. The van der Waals surface area contributed by atoms with E-state index in [4.69, 9.17) is 4.74 Å². The minimum atomic E-state index is -0.0448. The van der Waals surface area contributed by atoms with Gasteiger partial charge in [0.25, 0.3) is 5.91 Å². The molecule has 0 saturated carbocycles. The first kappa shape index (κ1) is 19.0. The summed E-state index contributed by atoms with van der Waals surface area (Å²) in [6, 6.07) is 16.4. The van der Waals surface area contributed by atoms with E-state index in [-0.39, 0.29) is 11.9 Å². The number of ether oxygens (including phenoxy) is 1. The molecule has 0 spiro atoms. The summed E-state index contributed by atoms with van der Waals surface area (Å²) in [5.74, 6) is 0.771. The lowest BCUT2D eigenvalue weighted by atomic mass is 10.1. The molecule has 1 heterocycles. The van der Waals surface area contributed by atoms with Crippen LogP contribution in [-0.2, 0) is 6.54 Å². The zero-order valence-corrected chi connectivity index (χ0v) is 16.6. The predicted octanol–water partition coefficient (Wildman–Crippen LogP) is 4.93. The largest absolute Gasteiger partial charge is 0.493 e. The molecule has 0 bridgehead atoms. The lowest BCUT2D eigenvalue weighted by Gasteiger charge is -2.15. The topological polar surface area (TPSA) is 43.3 Å². The summed E-state index contributed by atoms with van der Waals surface area (Å²) in [7, 11) is 0. The molecule has 4 heteroatoms. The highest BCUT2D eigenvalue weighted by atomic mass is 16.5. The molecule has 0 saturated heterocycles. The van der Waals surface area contributed by atoms with Gasteiger partial charge in [0.2, 0.25) is 0 Å². The second-order valence-electron chi connectivity index (χ2n) is 6.95. The Bertz CT molecular complexity index is 943. The van der Waals surface area contributed by atoms with Gasteiger partial charge in [-0.25, -0.2) is 0 Å². The highest BCUT2D eigenvalue weighted by molar-refractivity contribution is 6.00. The van der Waals surface area contributed by atoms with Crippen molar-refractivity contribution in [2.75, 3.05) is 6.61 Å². The van der Waals surface area contributed by atoms with Crippen LogP contribution in [0, 0.1) is 6.92 Å². The van der Waals surface area contributed by atoms with E-state index in [0.717, 1.165) is 23.1 Å². The number of carbonyl (C=O) groups is 1. The number of nitrogens with zero attached hydrogens (tertiary/aromatic N) is 1. The summed E-state index contributed by atoms with van der Waals surface area (Å²) < 4.78 is 7.89. The van der Waals surface area contributed by atoms with Crippen LogP contribution in [0.3, 0.4) is 0 Å². The van der Waals surface area contributed by atoms with Crippen molar-refractivity contribution in [3.8, 4) is 5.75 Å². The van der Waals surface area contributed by atoms with E-state index in [1.165, 1.54) is 11.1 Å². The smallest absolute Gasteiger partial charge is 0.268 e. The van der Waals surface area contributed by atoms with Crippen LogP contribution >= 0.6 is 0 Å². The molecule has 1 N–H and O–H groups in total. The van der Waals surface area contributed by atoms with Crippen LogP contribution in [0.5, 0.6) is 5.75 Å². The fourth-order valence-corrected chi connectivity index (χ4v) is 3.25. The lowest BCUT2D eigenvalue weighted by molar-refractivity contribution is 0.0931. The van der Waals surface area contributed by atoms with Crippen LogP contribution < -0.4 is 10.1 Å². The molecule has 142 valence electrons. The second-order valence-corrected chi connectivity index (χ2v) is 6.95. The van der Waals surface area contributed by atoms with E-state index in [0.29, 0.717) is 18.8 Å². The van der Waals surface area contributed by atoms with Crippen molar-refractivity contribution >= 4 is 16.8 Å². The standard InChI is InChI=1S/C23H28N2O2/c1-5-17(4)24-23(26)21-14-19-20(12-9-13-22(19)27-6-2)25(21)15-18-11-8-7-10-16(18)3/h7-14,17H,5-6,15H2,1-4H3,(H,24,26)/t17-/m0/s1. The van der Waals surface area contributed by atoms with Crippen LogP contribution in [0.15, 0.2) is 48.5 Å². The number of benzene rings is 2. The molecule has 0 radical (unpaired) electrons. The van der Waals surface area contributed by atoms with Gasteiger partial charge in [-0.2, -0.15) is 0 Å². The molecule has 0 aliphatic carbocycles. The third kappa shape index (κ3) is 4.00. The molecule has 4 nitrogen and oxygen atoms in total. The van der Waals surface area contributed by atoms with Crippen molar-refractivity contribution in [2.45, 2.75) is 46.7 Å². The third-order valence-corrected chi connectivity index (χ3v) is 5.02. The zero-order chi connectivity index (χ0) is 19.4. The van der Waals surface area contributed by atoms with Crippen molar-refractivity contribution in [1.29, 1.82) is 0 Å². The summed E-state index contributed by atoms with van der Waals surface area (Å²) in [5, 5.41) is 4.07. The Morgan fingerprint density at radius 1 is 1.15 bits per heavy atom. The maximum atomic E-state index is 13.0. The van der Waals surface area contributed by atoms with E-state index in [9.17, 15) is 4.79 Å². The van der Waals surface area contributed by atoms with Gasteiger partial charge in [0.1, 0.15) is 11.4 Å². The SMILES string of the molecule is CCOc1cccc2c1cc(C(=O)N[C@@H](C)CC)n2Cc1ccccc1C. The zero-order valence-electron chi connectivity index (χ0n) is 16.6. The van der Waals surface area contributed by atoms with Crippen molar-refractivity contribution in [2.24, 2.45) is 0 Å². The Morgan fingerprint density at radius 3 is 2.63 bits per heavy atom. The van der Waals surface area contributed by atoms with Crippen molar-refractivity contribution in [3.63, 3.8) is 0 Å². The van der Waals surface area contributed by atoms with Gasteiger partial charge in [0, 0.05) is 18.0 Å². The van der Waals surface area contributed by atoms with E-state index in [2.05, 4.69) is 41.9 Å². The fraction of sp³-hybridized carbons (Fsp3) is 0.348. The molecule has 0 aliphatic heterocycles. The van der Waals surface area contributed by atoms with E-state index in [1.54, 1.807) is 0 Å². The maximum absolute atomic E-state index is 13.0. The molecule has 0 unspecified atom stereocenters. The van der Waals surface area contributed by atoms with Gasteiger partial charge >= 0.3 is 0 Å². The van der Waals surface area contributed by atoms with Crippen LogP contribution in [0.4, 0.5) is 0 Å². The summed E-state index contributed by atoms with van der Waals surface area (Å²) >= 11 is 0. The van der Waals surface area contributed by atoms with E-state index in [1.807, 2.05) is 44.2 Å². The number of amides is 1. The molecule has 1 amide bonds. The minimum absolute atomic E-state index is 0.0448. The normalized spacial score (nSPS) is 12.1. The number of hydrogen-bond donors (Lipinski definition) is 1. The predicted molar refractivity (Wildman–Crippen MR) is 111 cm³/mol. The molecular weight excluding hydrogens is 336 g/mol. The number of nitrogens with one attached hydrogen (secondary N) is 1. The van der Waals surface area contributed by atoms with Gasteiger partial charge < -0.3 is 14.6 Å². The minimum Gasteiger partial charge on any atom is -0.493 e. The molecule has 1 atom stereocenters. The quantitative estimate of drug-likeness (QED) is 0.646. The second kappa shape index (κ2) is 8.30. The summed E-state index contributed by atoms with van der Waals surface area (Å²) in [5.41, 5.74) is 4.10. The summed E-state index contributed by atoms with van der Waals surface area (Å²) in [4.78, 5) is 13.0. The van der Waals surface area contributed by atoms with Crippen molar-refractivity contribution in [1.82, 2.24) is 9.88 Å². The first-order valence-corrected chi connectivity index (χ1v) is 9.65. The lowest BCUT2D eigenvalue weighted by Crippen LogP contribution is -2.33. The molecular formula is C23H28N2O2. The Kier molecular flexibility index (Phi) is 5.84. The van der Waals surface area contributed by atoms with Gasteiger partial charge in [-0.3, -0.25) is 4.79 Å². The molecule has 0 fully saturated rings. The van der Waals surface area contributed by atoms with Gasteiger partial charge in [-0.05, 0) is 56.5 Å². The fourth-order valence-electron chi connectivity index (χ4n) is 3.25. The number of rotatable bonds is 7. The Hall–Kier alpha value is -2.75. The number of fused-ring (bicyclic) bond motifs is 1. The van der Waals surface area contributed by atoms with Crippen LogP contribution in [0.2, 0.25) is 0 Å². The summed E-state index contributed by atoms with van der Waals surface area (Å²) in [6.07, 6.45) is 0.897. The average Bonchev–Trinajstić information content (AvgIpc) is 3.03. The number of hydrogen-bond acceptors (Lipinski definition) is 2. The van der Waals surface area contributed by atoms with Crippen LogP contribution in [-0.4, -0.2) is 23.1 Å². The van der Waals surface area contributed by atoms with Crippen molar-refractivity contribution in [3.05, 3.63) is 65.4 Å². The highest BCUT2D eigenvalue weighted by Gasteiger charge is 2.19. The Labute approximate surface area is 161 Å². The molecule has 3 rings (SSSR count). The summed E-state index contributed by atoms with van der Waals surface area (Å²) in [6.45, 7) is 9.41. The van der Waals surface area contributed by atoms with E-state index < -0.39 is 0 Å². The van der Waals surface area contributed by atoms with Crippen molar-refractivity contribution < 1.29 is 9.53 Å². The monoisotopic (exact) mass is 364 g/mol. The van der Waals surface area contributed by atoms with Gasteiger partial charge in [0.05, 0.1) is 12.1 Å². The molecule has 0 aliphatic rings. The van der Waals surface area contributed by atoms with Crippen LogP contribution in [0.1, 0.15) is 48.8 Å². The molecule has 27 heavy (non-hydrogen) atoms. The number of carbonyl (C=O) groups excluding carboxylic acids is 1. The van der Waals surface area contributed by atoms with E-state index >= 15 is 0 Å². The maximum Gasteiger partial charge on any atom is 0.268 e. The Balaban J connectivity index is 2.12. The molecule has 2 aromatic carbocycles. The molecule has 3 aromatic rings.